The zero-order valence-electron chi connectivity index (χ0n) is 5.19. The van der Waals surface area contributed by atoms with Crippen LogP contribution in [0.5, 0.6) is 0 Å². The number of nitrogens with two attached hydrogens (primary N) is 1. The van der Waals surface area contributed by atoms with Gasteiger partial charge in [0.2, 0.25) is 0 Å². The number of nitrogen functional groups attached to an aromatic ring is 1. The highest BCUT2D eigenvalue weighted by atomic mass is 19.1. The average Bonchev–Trinajstić information content (AvgIpc) is 1.83. The number of halogens is 1. The molecule has 0 aliphatic rings. The van der Waals surface area contributed by atoms with Crippen molar-refractivity contribution < 1.29 is 4.39 Å². The van der Waals surface area contributed by atoms with E-state index in [9.17, 15) is 4.39 Å². The van der Waals surface area contributed by atoms with E-state index in [1.165, 1.54) is 6.07 Å². The Morgan fingerprint density at radius 1 is 1.44 bits per heavy atom. The van der Waals surface area contributed by atoms with Crippen LogP contribution in [-0.4, -0.2) is 7.85 Å². The molecule has 3 heteroatoms. The van der Waals surface area contributed by atoms with Gasteiger partial charge in [-0.25, -0.2) is 4.39 Å². The summed E-state index contributed by atoms with van der Waals surface area (Å²) in [4.78, 5) is 0. The third kappa shape index (κ3) is 1.04. The quantitative estimate of drug-likeness (QED) is 0.370. The SMILES string of the molecule is Bc1c(N)cccc1F. The number of benzene rings is 1. The molecule has 0 unspecified atom stereocenters. The highest BCUT2D eigenvalue weighted by molar-refractivity contribution is 6.35. The van der Waals surface area contributed by atoms with Crippen molar-refractivity contribution >= 4 is 19.0 Å². The van der Waals surface area contributed by atoms with Crippen LogP contribution in [0.3, 0.4) is 0 Å². The van der Waals surface area contributed by atoms with Gasteiger partial charge in [-0.1, -0.05) is 6.07 Å². The maximum absolute atomic E-state index is 12.5. The first-order chi connectivity index (χ1) is 4.22. The second-order valence-electron chi connectivity index (χ2n) is 1.95. The maximum atomic E-state index is 12.5. The molecule has 1 rings (SSSR count). The van der Waals surface area contributed by atoms with Gasteiger partial charge < -0.3 is 5.73 Å². The molecule has 0 aliphatic carbocycles. The Morgan fingerprint density at radius 3 is 2.56 bits per heavy atom. The van der Waals surface area contributed by atoms with Gasteiger partial charge in [-0.2, -0.15) is 0 Å². The first-order valence-electron chi connectivity index (χ1n) is 2.72. The molecule has 0 fully saturated rings. The van der Waals surface area contributed by atoms with E-state index in [2.05, 4.69) is 0 Å². The molecule has 1 aromatic rings. The highest BCUT2D eigenvalue weighted by Crippen LogP contribution is 1.98. The summed E-state index contributed by atoms with van der Waals surface area (Å²) in [5.74, 6) is -0.241. The summed E-state index contributed by atoms with van der Waals surface area (Å²) in [7, 11) is 1.66. The Labute approximate surface area is 54.1 Å². The van der Waals surface area contributed by atoms with Crippen molar-refractivity contribution in [1.29, 1.82) is 0 Å². The molecule has 0 aliphatic heterocycles. The van der Waals surface area contributed by atoms with Gasteiger partial charge in [0.05, 0.1) is 0 Å². The lowest BCUT2D eigenvalue weighted by Crippen LogP contribution is -2.13. The fraction of sp³-hybridized carbons (Fsp3) is 0. The Hall–Kier alpha value is -0.985. The monoisotopic (exact) mass is 123 g/mol. The van der Waals surface area contributed by atoms with Crippen LogP contribution in [-0.2, 0) is 0 Å². The van der Waals surface area contributed by atoms with E-state index >= 15 is 0 Å². The van der Waals surface area contributed by atoms with Crippen LogP contribution in [0.4, 0.5) is 10.1 Å². The average molecular weight is 123 g/mol. The van der Waals surface area contributed by atoms with Crippen LogP contribution >= 0.6 is 0 Å². The van der Waals surface area contributed by atoms with E-state index in [0.717, 1.165) is 0 Å². The molecule has 0 saturated carbocycles. The molecule has 2 N–H and O–H groups in total. The predicted octanol–water partition coefficient (Wildman–Crippen LogP) is -0.334. The van der Waals surface area contributed by atoms with E-state index < -0.39 is 0 Å². The van der Waals surface area contributed by atoms with Gasteiger partial charge in [-0.05, 0) is 17.6 Å². The lowest BCUT2D eigenvalue weighted by Gasteiger charge is -1.97. The van der Waals surface area contributed by atoms with Gasteiger partial charge in [0, 0.05) is 5.69 Å². The molecular formula is C6H7BFN. The second kappa shape index (κ2) is 2.09. The summed E-state index contributed by atoms with van der Waals surface area (Å²) in [5.41, 5.74) is 6.42. The lowest BCUT2D eigenvalue weighted by atomic mass is 9.94. The van der Waals surface area contributed by atoms with E-state index in [4.69, 9.17) is 5.73 Å². The highest BCUT2D eigenvalue weighted by Gasteiger charge is 1.96. The van der Waals surface area contributed by atoms with Crippen molar-refractivity contribution in [2.45, 2.75) is 0 Å². The van der Waals surface area contributed by atoms with Crippen LogP contribution in [0.15, 0.2) is 18.2 Å². The molecule has 1 aromatic carbocycles. The lowest BCUT2D eigenvalue weighted by molar-refractivity contribution is 0.636. The van der Waals surface area contributed by atoms with Crippen LogP contribution in [0, 0.1) is 5.82 Å². The number of rotatable bonds is 0. The van der Waals surface area contributed by atoms with Crippen LogP contribution in [0.25, 0.3) is 0 Å². The van der Waals surface area contributed by atoms with Crippen LogP contribution in [0.2, 0.25) is 0 Å². The van der Waals surface area contributed by atoms with Crippen molar-refractivity contribution in [2.75, 3.05) is 5.73 Å². The minimum absolute atomic E-state index is 0.241. The zero-order valence-corrected chi connectivity index (χ0v) is 5.19. The summed E-state index contributed by atoms with van der Waals surface area (Å²) in [5, 5.41) is 0. The normalized spacial score (nSPS) is 9.44. The van der Waals surface area contributed by atoms with Crippen molar-refractivity contribution in [3.8, 4) is 0 Å². The van der Waals surface area contributed by atoms with Crippen molar-refractivity contribution in [2.24, 2.45) is 0 Å². The van der Waals surface area contributed by atoms with Gasteiger partial charge in [-0.3, -0.25) is 0 Å². The minimum atomic E-state index is -0.241. The van der Waals surface area contributed by atoms with Crippen molar-refractivity contribution in [3.63, 3.8) is 0 Å². The maximum Gasteiger partial charge on any atom is 0.145 e. The fourth-order valence-electron chi connectivity index (χ4n) is 0.624. The Balaban J connectivity index is 3.25. The number of anilines is 1. The van der Waals surface area contributed by atoms with Crippen molar-refractivity contribution in [3.05, 3.63) is 24.0 Å². The first kappa shape index (κ1) is 6.14. The standard InChI is InChI=1S/C6H7BFN/c7-6-4(8)2-1-3-5(6)9/h1-3H,7,9H2. The molecule has 46 valence electrons. The third-order valence-electron chi connectivity index (χ3n) is 1.31. The molecule has 0 heterocycles. The molecule has 9 heavy (non-hydrogen) atoms. The predicted molar refractivity (Wildman–Crippen MR) is 39.0 cm³/mol. The van der Waals surface area contributed by atoms with Gasteiger partial charge >= 0.3 is 0 Å². The Bertz CT molecular complexity index is 204. The van der Waals surface area contributed by atoms with Crippen LogP contribution < -0.4 is 11.2 Å². The Kier molecular flexibility index (Phi) is 1.43. The van der Waals surface area contributed by atoms with E-state index in [1.54, 1.807) is 20.0 Å². The molecule has 0 bridgehead atoms. The summed E-state index contributed by atoms with van der Waals surface area (Å²) < 4.78 is 12.5. The van der Waals surface area contributed by atoms with Crippen LogP contribution in [0.1, 0.15) is 0 Å². The zero-order chi connectivity index (χ0) is 6.85. The molecule has 0 saturated heterocycles. The summed E-state index contributed by atoms with van der Waals surface area (Å²) in [6.07, 6.45) is 0. The molecule has 0 aromatic heterocycles. The summed E-state index contributed by atoms with van der Waals surface area (Å²) in [6.45, 7) is 0. The first-order valence-corrected chi connectivity index (χ1v) is 2.72. The topological polar surface area (TPSA) is 26.0 Å². The summed E-state index contributed by atoms with van der Waals surface area (Å²) in [6, 6.07) is 4.67. The largest absolute Gasteiger partial charge is 0.399 e. The van der Waals surface area contributed by atoms with Gasteiger partial charge in [0.15, 0.2) is 0 Å². The third-order valence-corrected chi connectivity index (χ3v) is 1.31. The molecular weight excluding hydrogens is 116 g/mol. The molecule has 0 spiro atoms. The van der Waals surface area contributed by atoms with Crippen molar-refractivity contribution in [1.82, 2.24) is 0 Å². The molecule has 1 nitrogen and oxygen atoms in total. The number of hydrogen-bond acceptors (Lipinski definition) is 1. The van der Waals surface area contributed by atoms with Gasteiger partial charge in [0.1, 0.15) is 13.7 Å². The smallest absolute Gasteiger partial charge is 0.145 e. The minimum Gasteiger partial charge on any atom is -0.399 e. The molecule has 0 radical (unpaired) electrons. The van der Waals surface area contributed by atoms with Gasteiger partial charge in [0.25, 0.3) is 0 Å². The van der Waals surface area contributed by atoms with Gasteiger partial charge in [-0.15, -0.1) is 0 Å². The molecule has 0 amide bonds. The number of hydrogen-bond donors (Lipinski definition) is 1. The molecule has 0 atom stereocenters. The summed E-state index contributed by atoms with van der Waals surface area (Å²) >= 11 is 0. The second-order valence-corrected chi connectivity index (χ2v) is 1.95. The van der Waals surface area contributed by atoms with E-state index in [0.29, 0.717) is 11.2 Å². The van der Waals surface area contributed by atoms with E-state index in [-0.39, 0.29) is 5.82 Å². The Morgan fingerprint density at radius 2 is 2.11 bits per heavy atom. The van der Waals surface area contributed by atoms with E-state index in [1.807, 2.05) is 0 Å². The fourth-order valence-corrected chi connectivity index (χ4v) is 0.624.